The predicted molar refractivity (Wildman–Crippen MR) is 81.3 cm³/mol. The van der Waals surface area contributed by atoms with Gasteiger partial charge in [0.1, 0.15) is 17.3 Å². The van der Waals surface area contributed by atoms with Crippen molar-refractivity contribution in [2.75, 3.05) is 24.3 Å². The zero-order valence-corrected chi connectivity index (χ0v) is 12.2. The molecule has 0 atom stereocenters. The molecule has 0 saturated carbocycles. The second kappa shape index (κ2) is 7.35. The Kier molecular flexibility index (Phi) is 5.24. The number of halogens is 2. The smallest absolute Gasteiger partial charge is 0.339 e. The van der Waals surface area contributed by atoms with E-state index in [1.807, 2.05) is 0 Å². The number of hydrogen-bond donors (Lipinski definition) is 2. The van der Waals surface area contributed by atoms with Crippen LogP contribution in [0.3, 0.4) is 0 Å². The van der Waals surface area contributed by atoms with Gasteiger partial charge in [0.05, 0.1) is 24.9 Å². The number of rotatable bonds is 5. The van der Waals surface area contributed by atoms with Gasteiger partial charge in [0.2, 0.25) is 5.91 Å². The molecule has 0 aromatic heterocycles. The third-order valence-corrected chi connectivity index (χ3v) is 2.99. The molecule has 0 unspecified atom stereocenters. The average Bonchev–Trinajstić information content (AvgIpc) is 2.54. The fourth-order valence-electron chi connectivity index (χ4n) is 1.91. The molecule has 0 heterocycles. The summed E-state index contributed by atoms with van der Waals surface area (Å²) in [5.41, 5.74) is 0.0458. The number of carbonyl (C=O) groups is 2. The molecule has 7 heteroatoms. The molecule has 2 rings (SSSR count). The Bertz CT molecular complexity index is 715. The molecule has 0 spiro atoms. The first-order valence-electron chi connectivity index (χ1n) is 6.68. The summed E-state index contributed by atoms with van der Waals surface area (Å²) in [5, 5.41) is 4.87. The number of ether oxygens (including phenoxy) is 1. The van der Waals surface area contributed by atoms with Crippen molar-refractivity contribution in [1.82, 2.24) is 0 Å². The molecule has 5 nitrogen and oxygen atoms in total. The second-order valence-electron chi connectivity index (χ2n) is 4.54. The van der Waals surface area contributed by atoms with Crippen LogP contribution in [0, 0.1) is 11.6 Å². The van der Waals surface area contributed by atoms with Crippen LogP contribution in [-0.2, 0) is 9.53 Å². The number of carbonyl (C=O) groups excluding carboxylic acids is 2. The van der Waals surface area contributed by atoms with Crippen LogP contribution < -0.4 is 10.6 Å². The number of para-hydroxylation sites is 2. The van der Waals surface area contributed by atoms with Crippen LogP contribution in [0.15, 0.2) is 42.5 Å². The van der Waals surface area contributed by atoms with Gasteiger partial charge in [0, 0.05) is 0 Å². The lowest BCUT2D eigenvalue weighted by Crippen LogP contribution is -2.23. The van der Waals surface area contributed by atoms with E-state index in [0.717, 1.165) is 12.1 Å². The van der Waals surface area contributed by atoms with Crippen molar-refractivity contribution in [3.63, 3.8) is 0 Å². The van der Waals surface area contributed by atoms with Crippen molar-refractivity contribution in [1.29, 1.82) is 0 Å². The van der Waals surface area contributed by atoms with Gasteiger partial charge in [-0.05, 0) is 24.3 Å². The van der Waals surface area contributed by atoms with Gasteiger partial charge in [-0.25, -0.2) is 13.6 Å². The monoisotopic (exact) mass is 320 g/mol. The first kappa shape index (κ1) is 16.4. The number of esters is 1. The summed E-state index contributed by atoms with van der Waals surface area (Å²) in [6.07, 6.45) is 0. The fourth-order valence-corrected chi connectivity index (χ4v) is 1.91. The van der Waals surface area contributed by atoms with Crippen LogP contribution in [0.1, 0.15) is 10.4 Å². The first-order valence-corrected chi connectivity index (χ1v) is 6.68. The molecule has 0 saturated heterocycles. The van der Waals surface area contributed by atoms with Gasteiger partial charge in [-0.3, -0.25) is 4.79 Å². The highest BCUT2D eigenvalue weighted by Gasteiger charge is 2.14. The van der Waals surface area contributed by atoms with Crippen molar-refractivity contribution in [2.45, 2.75) is 0 Å². The minimum atomic E-state index is -0.798. The Morgan fingerprint density at radius 2 is 1.70 bits per heavy atom. The normalized spacial score (nSPS) is 10.0. The van der Waals surface area contributed by atoms with E-state index >= 15 is 0 Å². The number of amides is 1. The molecule has 0 radical (unpaired) electrons. The highest BCUT2D eigenvalue weighted by atomic mass is 19.1. The van der Waals surface area contributed by atoms with E-state index in [1.54, 1.807) is 12.1 Å². The van der Waals surface area contributed by atoms with Gasteiger partial charge in [0.25, 0.3) is 0 Å². The van der Waals surface area contributed by atoms with Crippen LogP contribution in [0.4, 0.5) is 20.2 Å². The van der Waals surface area contributed by atoms with Crippen molar-refractivity contribution in [3.05, 3.63) is 59.7 Å². The number of nitrogens with one attached hydrogen (secondary N) is 2. The van der Waals surface area contributed by atoms with Crippen molar-refractivity contribution < 1.29 is 23.1 Å². The standard InChI is InChI=1S/C16H14F2N2O3/c1-23-16(22)10-5-2-3-8-13(10)20-14(21)9-19-15-11(17)6-4-7-12(15)18/h2-8,19H,9H2,1H3,(H,20,21). The van der Waals surface area contributed by atoms with Crippen molar-refractivity contribution in [2.24, 2.45) is 0 Å². The average molecular weight is 320 g/mol. The van der Waals surface area contributed by atoms with E-state index in [9.17, 15) is 18.4 Å². The Balaban J connectivity index is 2.05. The molecule has 0 aliphatic heterocycles. The molecule has 0 fully saturated rings. The summed E-state index contributed by atoms with van der Waals surface area (Å²) < 4.78 is 31.5. The van der Waals surface area contributed by atoms with E-state index in [0.29, 0.717) is 0 Å². The van der Waals surface area contributed by atoms with Gasteiger partial charge in [-0.2, -0.15) is 0 Å². The molecular weight excluding hydrogens is 306 g/mol. The lowest BCUT2D eigenvalue weighted by atomic mass is 10.2. The molecule has 2 aromatic carbocycles. The summed E-state index contributed by atoms with van der Waals surface area (Å²) in [6.45, 7) is -0.368. The molecule has 0 aliphatic rings. The molecule has 1 amide bonds. The minimum Gasteiger partial charge on any atom is -0.465 e. The van der Waals surface area contributed by atoms with Gasteiger partial charge in [-0.15, -0.1) is 0 Å². The van der Waals surface area contributed by atoms with Gasteiger partial charge >= 0.3 is 5.97 Å². The molecular formula is C16H14F2N2O3. The van der Waals surface area contributed by atoms with Crippen molar-refractivity contribution >= 4 is 23.3 Å². The second-order valence-corrected chi connectivity index (χ2v) is 4.54. The van der Waals surface area contributed by atoms with E-state index in [1.165, 1.54) is 25.3 Å². The Morgan fingerprint density at radius 1 is 1.04 bits per heavy atom. The SMILES string of the molecule is COC(=O)c1ccccc1NC(=O)CNc1c(F)cccc1F. The molecule has 23 heavy (non-hydrogen) atoms. The zero-order chi connectivity index (χ0) is 16.8. The molecule has 2 aromatic rings. The fraction of sp³-hybridized carbons (Fsp3) is 0.125. The van der Waals surface area contributed by atoms with E-state index in [-0.39, 0.29) is 23.5 Å². The summed E-state index contributed by atoms with van der Waals surface area (Å²) >= 11 is 0. The molecule has 120 valence electrons. The molecule has 2 N–H and O–H groups in total. The lowest BCUT2D eigenvalue weighted by molar-refractivity contribution is -0.114. The number of benzene rings is 2. The third kappa shape index (κ3) is 4.03. The summed E-state index contributed by atoms with van der Waals surface area (Å²) in [5.74, 6) is -2.77. The highest BCUT2D eigenvalue weighted by molar-refractivity contribution is 6.02. The maximum absolute atomic E-state index is 13.4. The van der Waals surface area contributed by atoms with Crippen molar-refractivity contribution in [3.8, 4) is 0 Å². The number of methoxy groups -OCH3 is 1. The van der Waals surface area contributed by atoms with Crippen LogP contribution >= 0.6 is 0 Å². The Labute approximate surface area is 131 Å². The molecule has 0 aliphatic carbocycles. The highest BCUT2D eigenvalue weighted by Crippen LogP contribution is 2.18. The minimum absolute atomic E-state index is 0.181. The Hall–Kier alpha value is -2.96. The quantitative estimate of drug-likeness (QED) is 0.831. The van der Waals surface area contributed by atoms with Crippen LogP contribution in [0.25, 0.3) is 0 Å². The summed E-state index contributed by atoms with van der Waals surface area (Å²) in [7, 11) is 1.23. The maximum atomic E-state index is 13.4. The van der Waals surface area contributed by atoms with Crippen LogP contribution in [-0.4, -0.2) is 25.5 Å². The third-order valence-electron chi connectivity index (χ3n) is 2.99. The molecule has 0 bridgehead atoms. The van der Waals surface area contributed by atoms with E-state index in [4.69, 9.17) is 0 Å². The van der Waals surface area contributed by atoms with E-state index in [2.05, 4.69) is 15.4 Å². The number of hydrogen-bond acceptors (Lipinski definition) is 4. The largest absolute Gasteiger partial charge is 0.465 e. The van der Waals surface area contributed by atoms with Gasteiger partial charge < -0.3 is 15.4 Å². The lowest BCUT2D eigenvalue weighted by Gasteiger charge is -2.11. The first-order chi connectivity index (χ1) is 11.0. The van der Waals surface area contributed by atoms with E-state index < -0.39 is 23.5 Å². The Morgan fingerprint density at radius 3 is 2.35 bits per heavy atom. The zero-order valence-electron chi connectivity index (χ0n) is 12.2. The predicted octanol–water partition coefficient (Wildman–Crippen LogP) is 2.80. The number of anilines is 2. The van der Waals surface area contributed by atoms with Crippen LogP contribution in [0.2, 0.25) is 0 Å². The topological polar surface area (TPSA) is 67.4 Å². The van der Waals surface area contributed by atoms with Gasteiger partial charge in [-0.1, -0.05) is 18.2 Å². The van der Waals surface area contributed by atoms with Gasteiger partial charge in [0.15, 0.2) is 0 Å². The summed E-state index contributed by atoms with van der Waals surface area (Å²) in [6, 6.07) is 9.65. The van der Waals surface area contributed by atoms with Crippen LogP contribution in [0.5, 0.6) is 0 Å². The summed E-state index contributed by atoms with van der Waals surface area (Å²) in [4.78, 5) is 23.5. The maximum Gasteiger partial charge on any atom is 0.339 e.